The Bertz CT molecular complexity index is 397. The van der Waals surface area contributed by atoms with Crippen LogP contribution >= 0.6 is 0 Å². The second-order valence-corrected chi connectivity index (χ2v) is 4.49. The highest BCUT2D eigenvalue weighted by Gasteiger charge is 2.14. The van der Waals surface area contributed by atoms with Crippen LogP contribution in [0.4, 0.5) is 11.6 Å². The van der Waals surface area contributed by atoms with E-state index in [1.54, 1.807) is 0 Å². The molecule has 0 saturated carbocycles. The Morgan fingerprint density at radius 2 is 2.05 bits per heavy atom. The lowest BCUT2D eigenvalue weighted by molar-refractivity contribution is 0.289. The Hall–Kier alpha value is -1.40. The van der Waals surface area contributed by atoms with Crippen LogP contribution in [0, 0.1) is 6.92 Å². The van der Waals surface area contributed by atoms with Crippen LogP contribution in [0.2, 0.25) is 0 Å². The maximum absolute atomic E-state index is 8.97. The normalized spacial score (nSPS) is 10.6. The number of aliphatic hydroxyl groups is 1. The van der Waals surface area contributed by atoms with Crippen molar-refractivity contribution in [3.05, 3.63) is 11.4 Å². The Balaban J connectivity index is 3.10. The van der Waals surface area contributed by atoms with Gasteiger partial charge < -0.3 is 15.4 Å². The van der Waals surface area contributed by atoms with Gasteiger partial charge in [0.25, 0.3) is 0 Å². The first-order chi connectivity index (χ1) is 9.17. The lowest BCUT2D eigenvalue weighted by Gasteiger charge is -2.24. The number of hydrazine groups is 1. The predicted octanol–water partition coefficient (Wildman–Crippen LogP) is 1.23. The molecule has 0 aliphatic rings. The Morgan fingerprint density at radius 1 is 1.32 bits per heavy atom. The fourth-order valence-corrected chi connectivity index (χ4v) is 2.01. The summed E-state index contributed by atoms with van der Waals surface area (Å²) in [4.78, 5) is 11.2. The van der Waals surface area contributed by atoms with Crippen molar-refractivity contribution in [3.8, 4) is 0 Å². The lowest BCUT2D eigenvalue weighted by Crippen LogP contribution is -2.28. The van der Waals surface area contributed by atoms with E-state index in [0.717, 1.165) is 49.6 Å². The molecule has 0 bridgehead atoms. The minimum Gasteiger partial charge on any atom is -0.396 e. The molecule has 0 saturated heterocycles. The number of aliphatic hydroxyl groups excluding tert-OH is 1. The third kappa shape index (κ3) is 4.04. The summed E-state index contributed by atoms with van der Waals surface area (Å²) < 4.78 is 0. The van der Waals surface area contributed by atoms with E-state index >= 15 is 0 Å². The van der Waals surface area contributed by atoms with Crippen LogP contribution in [-0.2, 0) is 6.42 Å². The Morgan fingerprint density at radius 3 is 2.58 bits per heavy atom. The number of rotatable bonds is 8. The summed E-state index contributed by atoms with van der Waals surface area (Å²) >= 11 is 0. The third-order valence-corrected chi connectivity index (χ3v) is 3.04. The number of hydrogen-bond donors (Lipinski definition) is 3. The minimum atomic E-state index is 0.185. The van der Waals surface area contributed by atoms with Crippen LogP contribution in [-0.4, -0.2) is 34.8 Å². The zero-order valence-corrected chi connectivity index (χ0v) is 12.1. The van der Waals surface area contributed by atoms with Gasteiger partial charge in [0.15, 0.2) is 0 Å². The molecule has 1 heterocycles. The molecule has 0 atom stereocenters. The molecule has 0 fully saturated rings. The first-order valence-electron chi connectivity index (χ1n) is 6.87. The Labute approximate surface area is 115 Å². The zero-order valence-electron chi connectivity index (χ0n) is 12.1. The van der Waals surface area contributed by atoms with Gasteiger partial charge in [-0.3, -0.25) is 0 Å². The molecule has 0 radical (unpaired) electrons. The number of nitrogen functional groups attached to an aromatic ring is 1. The van der Waals surface area contributed by atoms with Gasteiger partial charge in [-0.1, -0.05) is 6.92 Å². The second-order valence-electron chi connectivity index (χ2n) is 4.49. The van der Waals surface area contributed by atoms with Crippen LogP contribution < -0.4 is 16.2 Å². The molecule has 0 aliphatic carbocycles. The van der Waals surface area contributed by atoms with Crippen molar-refractivity contribution in [3.63, 3.8) is 0 Å². The van der Waals surface area contributed by atoms with Crippen molar-refractivity contribution in [2.75, 3.05) is 30.0 Å². The standard InChI is InChI=1S/C13H25N5O/c1-4-7-11-15-12(17-14)10(3)13(16-11)18(5-2)8-6-9-19/h19H,4-9,14H2,1-3H3,(H,15,16,17). The van der Waals surface area contributed by atoms with Crippen molar-refractivity contribution in [2.24, 2.45) is 5.84 Å². The average Bonchev–Trinajstić information content (AvgIpc) is 2.42. The third-order valence-electron chi connectivity index (χ3n) is 3.04. The molecule has 6 heteroatoms. The number of nitrogens with zero attached hydrogens (tertiary/aromatic N) is 3. The largest absolute Gasteiger partial charge is 0.396 e. The highest BCUT2D eigenvalue weighted by Crippen LogP contribution is 2.23. The van der Waals surface area contributed by atoms with E-state index in [4.69, 9.17) is 10.9 Å². The van der Waals surface area contributed by atoms with Crippen molar-refractivity contribution >= 4 is 11.6 Å². The molecule has 0 aromatic carbocycles. The van der Waals surface area contributed by atoms with Crippen molar-refractivity contribution in [1.82, 2.24) is 9.97 Å². The van der Waals surface area contributed by atoms with Crippen LogP contribution in [0.5, 0.6) is 0 Å². The summed E-state index contributed by atoms with van der Waals surface area (Å²) in [5, 5.41) is 8.97. The monoisotopic (exact) mass is 267 g/mol. The maximum atomic E-state index is 8.97. The molecular formula is C13H25N5O. The van der Waals surface area contributed by atoms with Gasteiger partial charge >= 0.3 is 0 Å². The van der Waals surface area contributed by atoms with Gasteiger partial charge in [0.05, 0.1) is 0 Å². The van der Waals surface area contributed by atoms with Crippen molar-refractivity contribution in [2.45, 2.75) is 40.0 Å². The smallest absolute Gasteiger partial charge is 0.148 e. The quantitative estimate of drug-likeness (QED) is 0.485. The molecule has 1 aromatic heterocycles. The highest BCUT2D eigenvalue weighted by atomic mass is 16.3. The van der Waals surface area contributed by atoms with Crippen molar-refractivity contribution in [1.29, 1.82) is 0 Å². The van der Waals surface area contributed by atoms with E-state index in [-0.39, 0.29) is 6.61 Å². The van der Waals surface area contributed by atoms with Crippen LogP contribution in [0.15, 0.2) is 0 Å². The number of aryl methyl sites for hydroxylation is 1. The van der Waals surface area contributed by atoms with Gasteiger partial charge in [-0.25, -0.2) is 15.8 Å². The first kappa shape index (κ1) is 15.7. The fraction of sp³-hybridized carbons (Fsp3) is 0.692. The second kappa shape index (κ2) is 7.91. The summed E-state index contributed by atoms with van der Waals surface area (Å²) in [6.45, 7) is 7.94. The molecule has 0 amide bonds. The number of nitrogens with two attached hydrogens (primary N) is 1. The molecule has 6 nitrogen and oxygen atoms in total. The predicted molar refractivity (Wildman–Crippen MR) is 78.2 cm³/mol. The van der Waals surface area contributed by atoms with Crippen LogP contribution in [0.25, 0.3) is 0 Å². The number of anilines is 2. The molecular weight excluding hydrogens is 242 g/mol. The molecule has 1 aromatic rings. The molecule has 1 rings (SSSR count). The molecule has 4 N–H and O–H groups in total. The average molecular weight is 267 g/mol. The van der Waals surface area contributed by atoms with E-state index in [2.05, 4.69) is 34.1 Å². The zero-order chi connectivity index (χ0) is 14.3. The van der Waals surface area contributed by atoms with Gasteiger partial charge in [0.1, 0.15) is 17.5 Å². The van der Waals surface area contributed by atoms with Gasteiger partial charge in [-0.2, -0.15) is 0 Å². The Kier molecular flexibility index (Phi) is 6.52. The molecule has 0 spiro atoms. The van der Waals surface area contributed by atoms with Crippen molar-refractivity contribution < 1.29 is 5.11 Å². The minimum absolute atomic E-state index is 0.185. The SMILES string of the molecule is CCCc1nc(NN)c(C)c(N(CC)CCCO)n1. The summed E-state index contributed by atoms with van der Waals surface area (Å²) in [5.41, 5.74) is 3.59. The topological polar surface area (TPSA) is 87.3 Å². The van der Waals surface area contributed by atoms with E-state index in [0.29, 0.717) is 5.82 Å². The fourth-order valence-electron chi connectivity index (χ4n) is 2.01. The lowest BCUT2D eigenvalue weighted by atomic mass is 10.2. The molecule has 0 aliphatic heterocycles. The van der Waals surface area contributed by atoms with Gasteiger partial charge in [0, 0.05) is 31.7 Å². The highest BCUT2D eigenvalue weighted by molar-refractivity contribution is 5.58. The maximum Gasteiger partial charge on any atom is 0.148 e. The summed E-state index contributed by atoms with van der Waals surface area (Å²) in [6.07, 6.45) is 2.56. The summed E-state index contributed by atoms with van der Waals surface area (Å²) in [6, 6.07) is 0. The summed E-state index contributed by atoms with van der Waals surface area (Å²) in [5.74, 6) is 7.91. The number of hydrogen-bond acceptors (Lipinski definition) is 6. The summed E-state index contributed by atoms with van der Waals surface area (Å²) in [7, 11) is 0. The number of nitrogens with one attached hydrogen (secondary N) is 1. The molecule has 19 heavy (non-hydrogen) atoms. The van der Waals surface area contributed by atoms with E-state index in [1.807, 2.05) is 6.92 Å². The van der Waals surface area contributed by atoms with E-state index < -0.39 is 0 Å². The molecule has 108 valence electrons. The number of aromatic nitrogens is 2. The van der Waals surface area contributed by atoms with E-state index in [1.165, 1.54) is 0 Å². The van der Waals surface area contributed by atoms with Gasteiger partial charge in [0.2, 0.25) is 0 Å². The van der Waals surface area contributed by atoms with E-state index in [9.17, 15) is 0 Å². The van der Waals surface area contributed by atoms with Gasteiger partial charge in [-0.05, 0) is 26.7 Å². The van der Waals surface area contributed by atoms with Gasteiger partial charge in [-0.15, -0.1) is 0 Å². The first-order valence-corrected chi connectivity index (χ1v) is 6.87. The molecule has 0 unspecified atom stereocenters. The van der Waals surface area contributed by atoms with Crippen LogP contribution in [0.1, 0.15) is 38.1 Å². The van der Waals surface area contributed by atoms with Crippen LogP contribution in [0.3, 0.4) is 0 Å².